The summed E-state index contributed by atoms with van der Waals surface area (Å²) >= 11 is 1.57. The summed E-state index contributed by atoms with van der Waals surface area (Å²) in [5.41, 5.74) is 6.40. The second-order valence-corrected chi connectivity index (χ2v) is 6.28. The highest BCUT2D eigenvalue weighted by atomic mass is 32.2. The highest BCUT2D eigenvalue weighted by Gasteiger charge is 2.13. The first-order chi connectivity index (χ1) is 7.51. The predicted octanol–water partition coefficient (Wildman–Crippen LogP) is 1.68. The molecule has 1 rings (SSSR count). The maximum Gasteiger partial charge on any atom is 0.240 e. The summed E-state index contributed by atoms with van der Waals surface area (Å²) in [7, 11) is -1.99. The Morgan fingerprint density at radius 2 is 2.12 bits per heavy atom. The van der Waals surface area contributed by atoms with E-state index in [4.69, 9.17) is 5.73 Å². The molecule has 4 nitrogen and oxygen atoms in total. The van der Waals surface area contributed by atoms with Crippen LogP contribution in [-0.4, -0.2) is 21.2 Å². The number of nitrogens with one attached hydrogen (secondary N) is 1. The third kappa shape index (κ3) is 3.13. The van der Waals surface area contributed by atoms with Crippen molar-refractivity contribution in [3.05, 3.63) is 18.2 Å². The Morgan fingerprint density at radius 1 is 1.44 bits per heavy atom. The quantitative estimate of drug-likeness (QED) is 0.624. The molecule has 1 aromatic rings. The van der Waals surface area contributed by atoms with E-state index in [-0.39, 0.29) is 4.90 Å². The Hall–Kier alpha value is -0.720. The first kappa shape index (κ1) is 13.3. The predicted molar refractivity (Wildman–Crippen MR) is 68.1 cm³/mol. The molecule has 0 radical (unpaired) electrons. The number of nitrogens with two attached hydrogens (primary N) is 1. The lowest BCUT2D eigenvalue weighted by atomic mass is 10.3. The first-order valence-corrected chi connectivity index (χ1v) is 7.44. The lowest BCUT2D eigenvalue weighted by molar-refractivity contribution is 0.588. The minimum Gasteiger partial charge on any atom is -0.398 e. The Labute approximate surface area is 101 Å². The van der Waals surface area contributed by atoms with Gasteiger partial charge in [-0.05, 0) is 37.4 Å². The number of thioether (sulfide) groups is 1. The number of benzene rings is 1. The highest BCUT2D eigenvalue weighted by molar-refractivity contribution is 7.99. The van der Waals surface area contributed by atoms with Crippen molar-refractivity contribution in [3.63, 3.8) is 0 Å². The normalized spacial score (nSPS) is 11.6. The van der Waals surface area contributed by atoms with Crippen LogP contribution in [0, 0.1) is 0 Å². The molecule has 0 aromatic heterocycles. The first-order valence-electron chi connectivity index (χ1n) is 4.97. The molecular formula is C10H16N2O2S2. The van der Waals surface area contributed by atoms with Gasteiger partial charge in [0.2, 0.25) is 10.0 Å². The molecule has 1 aromatic carbocycles. The summed E-state index contributed by atoms with van der Waals surface area (Å²) in [6.45, 7) is 2.07. The van der Waals surface area contributed by atoms with E-state index in [1.807, 2.05) is 0 Å². The molecule has 16 heavy (non-hydrogen) atoms. The second kappa shape index (κ2) is 5.56. The molecule has 0 aliphatic heterocycles. The molecule has 0 aliphatic rings. The van der Waals surface area contributed by atoms with E-state index in [0.717, 1.165) is 17.1 Å². The SMILES string of the molecule is CCCSc1cc(S(=O)(=O)NC)ccc1N. The maximum atomic E-state index is 11.6. The lowest BCUT2D eigenvalue weighted by Crippen LogP contribution is -2.18. The fraction of sp³-hybridized carbons (Fsp3) is 0.400. The molecule has 3 N–H and O–H groups in total. The van der Waals surface area contributed by atoms with Gasteiger partial charge in [-0.2, -0.15) is 0 Å². The van der Waals surface area contributed by atoms with Crippen molar-refractivity contribution >= 4 is 27.5 Å². The number of hydrogen-bond acceptors (Lipinski definition) is 4. The van der Waals surface area contributed by atoms with Crippen molar-refractivity contribution in [1.29, 1.82) is 0 Å². The van der Waals surface area contributed by atoms with E-state index in [1.54, 1.807) is 23.9 Å². The van der Waals surface area contributed by atoms with E-state index in [1.165, 1.54) is 13.1 Å². The molecule has 0 spiro atoms. The molecule has 0 amide bonds. The minimum atomic E-state index is -3.38. The minimum absolute atomic E-state index is 0.253. The summed E-state index contributed by atoms with van der Waals surface area (Å²) in [5, 5.41) is 0. The summed E-state index contributed by atoms with van der Waals surface area (Å²) < 4.78 is 25.4. The largest absolute Gasteiger partial charge is 0.398 e. The third-order valence-corrected chi connectivity index (χ3v) is 4.71. The van der Waals surface area contributed by atoms with Gasteiger partial charge in [0.25, 0.3) is 0 Å². The summed E-state index contributed by atoms with van der Waals surface area (Å²) in [6, 6.07) is 4.75. The Bertz CT molecular complexity index is 458. The molecule has 0 bridgehead atoms. The summed E-state index contributed by atoms with van der Waals surface area (Å²) in [4.78, 5) is 1.07. The van der Waals surface area contributed by atoms with Gasteiger partial charge in [0.05, 0.1) is 4.90 Å². The number of anilines is 1. The Balaban J connectivity index is 3.07. The summed E-state index contributed by atoms with van der Waals surface area (Å²) in [6.07, 6.45) is 1.02. The molecule has 0 heterocycles. The van der Waals surface area contributed by atoms with Gasteiger partial charge in [-0.3, -0.25) is 0 Å². The van der Waals surface area contributed by atoms with Crippen LogP contribution in [0.3, 0.4) is 0 Å². The fourth-order valence-electron chi connectivity index (χ4n) is 1.14. The standard InChI is InChI=1S/C10H16N2O2S2/c1-3-6-15-10-7-8(4-5-9(10)11)16(13,14)12-2/h4-5,7,12H,3,6,11H2,1-2H3. The zero-order valence-corrected chi connectivity index (χ0v) is 11.0. The van der Waals surface area contributed by atoms with Crippen molar-refractivity contribution < 1.29 is 8.42 Å². The number of rotatable bonds is 5. The third-order valence-electron chi connectivity index (χ3n) is 2.03. The lowest BCUT2D eigenvalue weighted by Gasteiger charge is -2.08. The van der Waals surface area contributed by atoms with Crippen LogP contribution < -0.4 is 10.5 Å². The second-order valence-electron chi connectivity index (χ2n) is 3.26. The van der Waals surface area contributed by atoms with E-state index in [0.29, 0.717) is 5.69 Å². The van der Waals surface area contributed by atoms with E-state index < -0.39 is 10.0 Å². The van der Waals surface area contributed by atoms with E-state index in [9.17, 15) is 8.42 Å². The molecule has 0 saturated heterocycles. The number of hydrogen-bond donors (Lipinski definition) is 2. The zero-order valence-electron chi connectivity index (χ0n) is 9.36. The van der Waals surface area contributed by atoms with Gasteiger partial charge in [0.15, 0.2) is 0 Å². The van der Waals surface area contributed by atoms with Gasteiger partial charge in [0.1, 0.15) is 0 Å². The van der Waals surface area contributed by atoms with Gasteiger partial charge in [-0.25, -0.2) is 13.1 Å². The van der Waals surface area contributed by atoms with Crippen molar-refractivity contribution in [2.24, 2.45) is 0 Å². The molecule has 90 valence electrons. The van der Waals surface area contributed by atoms with Gasteiger partial charge < -0.3 is 5.73 Å². The van der Waals surface area contributed by atoms with Gasteiger partial charge in [0, 0.05) is 10.6 Å². The van der Waals surface area contributed by atoms with Gasteiger partial charge in [-0.1, -0.05) is 6.92 Å². The highest BCUT2D eigenvalue weighted by Crippen LogP contribution is 2.28. The summed E-state index contributed by atoms with van der Waals surface area (Å²) in [5.74, 6) is 0.924. The van der Waals surface area contributed by atoms with E-state index in [2.05, 4.69) is 11.6 Å². The smallest absolute Gasteiger partial charge is 0.240 e. The molecule has 0 atom stereocenters. The fourth-order valence-corrected chi connectivity index (χ4v) is 2.84. The average molecular weight is 260 g/mol. The molecule has 0 unspecified atom stereocenters. The Kier molecular flexibility index (Phi) is 4.64. The van der Waals surface area contributed by atoms with Crippen LogP contribution in [0.1, 0.15) is 13.3 Å². The van der Waals surface area contributed by atoms with Gasteiger partial charge >= 0.3 is 0 Å². The van der Waals surface area contributed by atoms with Crippen LogP contribution in [0.5, 0.6) is 0 Å². The van der Waals surface area contributed by atoms with Crippen LogP contribution >= 0.6 is 11.8 Å². The topological polar surface area (TPSA) is 72.2 Å². The molecule has 0 saturated carbocycles. The average Bonchev–Trinajstić information content (AvgIpc) is 2.27. The van der Waals surface area contributed by atoms with Crippen molar-refractivity contribution in [2.75, 3.05) is 18.5 Å². The van der Waals surface area contributed by atoms with Crippen molar-refractivity contribution in [2.45, 2.75) is 23.1 Å². The number of sulfonamides is 1. The molecular weight excluding hydrogens is 244 g/mol. The van der Waals surface area contributed by atoms with Crippen LogP contribution in [0.4, 0.5) is 5.69 Å². The van der Waals surface area contributed by atoms with Crippen molar-refractivity contribution in [3.8, 4) is 0 Å². The van der Waals surface area contributed by atoms with Crippen LogP contribution in [0.2, 0.25) is 0 Å². The zero-order chi connectivity index (χ0) is 12.2. The van der Waals surface area contributed by atoms with E-state index >= 15 is 0 Å². The molecule has 0 aliphatic carbocycles. The monoisotopic (exact) mass is 260 g/mol. The maximum absolute atomic E-state index is 11.6. The van der Waals surface area contributed by atoms with Crippen LogP contribution in [0.25, 0.3) is 0 Å². The van der Waals surface area contributed by atoms with Gasteiger partial charge in [-0.15, -0.1) is 11.8 Å². The molecule has 0 fully saturated rings. The van der Waals surface area contributed by atoms with Crippen molar-refractivity contribution in [1.82, 2.24) is 4.72 Å². The van der Waals surface area contributed by atoms with Crippen LogP contribution in [-0.2, 0) is 10.0 Å². The molecule has 6 heteroatoms. The van der Waals surface area contributed by atoms with Crippen LogP contribution in [0.15, 0.2) is 28.0 Å². The number of nitrogen functional groups attached to an aromatic ring is 1. The Morgan fingerprint density at radius 3 is 2.69 bits per heavy atom.